The summed E-state index contributed by atoms with van der Waals surface area (Å²) < 4.78 is 24.1. The fourth-order valence-corrected chi connectivity index (χ4v) is 3.45. The summed E-state index contributed by atoms with van der Waals surface area (Å²) in [7, 11) is 0. The molecule has 0 bridgehead atoms. The van der Waals surface area contributed by atoms with Crippen molar-refractivity contribution < 1.29 is 18.3 Å². The van der Waals surface area contributed by atoms with Gasteiger partial charge >= 0.3 is 0 Å². The van der Waals surface area contributed by atoms with E-state index in [-0.39, 0.29) is 12.0 Å². The second kappa shape index (κ2) is 6.79. The van der Waals surface area contributed by atoms with Gasteiger partial charge in [-0.05, 0) is 30.9 Å². The van der Waals surface area contributed by atoms with Crippen LogP contribution in [0, 0.1) is 11.7 Å². The van der Waals surface area contributed by atoms with E-state index < -0.39 is 11.9 Å². The number of piperidine rings is 1. The lowest BCUT2D eigenvalue weighted by atomic mass is 9.92. The zero-order valence-corrected chi connectivity index (χ0v) is 13.6. The number of amides is 1. The maximum absolute atomic E-state index is 13.0. The van der Waals surface area contributed by atoms with E-state index in [2.05, 4.69) is 15.3 Å². The summed E-state index contributed by atoms with van der Waals surface area (Å²) in [6.07, 6.45) is 5.03. The number of carbonyl (C=O) groups is 1. The topological polar surface area (TPSA) is 80.5 Å². The van der Waals surface area contributed by atoms with Crippen molar-refractivity contribution in [3.8, 4) is 0 Å². The second-order valence-corrected chi connectivity index (χ2v) is 6.39. The Balaban J connectivity index is 1.33. The SMILES string of the molecule is O=C(NCc1ccco1)[C@H]1C[C@@H]2CCN(c3ncc(F)cn3)C[C@@H]2O1. The Morgan fingerprint density at radius 1 is 1.40 bits per heavy atom. The minimum absolute atomic E-state index is 0.0400. The number of aromatic nitrogens is 2. The molecule has 0 aromatic carbocycles. The Bertz CT molecular complexity index is 722. The third-order valence-corrected chi connectivity index (χ3v) is 4.75. The number of halogens is 1. The summed E-state index contributed by atoms with van der Waals surface area (Å²) in [6, 6.07) is 3.60. The number of carbonyl (C=O) groups excluding carboxylic acids is 1. The van der Waals surface area contributed by atoms with E-state index in [1.807, 2.05) is 11.0 Å². The van der Waals surface area contributed by atoms with Gasteiger partial charge in [0, 0.05) is 13.1 Å². The van der Waals surface area contributed by atoms with Crippen LogP contribution in [0.15, 0.2) is 35.2 Å². The molecule has 132 valence electrons. The van der Waals surface area contributed by atoms with Crippen molar-refractivity contribution in [3.63, 3.8) is 0 Å². The lowest BCUT2D eigenvalue weighted by molar-refractivity contribution is -0.132. The Hall–Kier alpha value is -2.48. The molecule has 25 heavy (non-hydrogen) atoms. The zero-order valence-electron chi connectivity index (χ0n) is 13.6. The smallest absolute Gasteiger partial charge is 0.249 e. The van der Waals surface area contributed by atoms with Crippen LogP contribution in [-0.4, -0.2) is 41.2 Å². The van der Waals surface area contributed by atoms with E-state index in [1.165, 1.54) is 0 Å². The number of anilines is 1. The van der Waals surface area contributed by atoms with Gasteiger partial charge in [-0.1, -0.05) is 0 Å². The van der Waals surface area contributed by atoms with Crippen LogP contribution >= 0.6 is 0 Å². The second-order valence-electron chi connectivity index (χ2n) is 6.39. The fourth-order valence-electron chi connectivity index (χ4n) is 3.45. The molecule has 0 unspecified atom stereocenters. The van der Waals surface area contributed by atoms with Crippen molar-refractivity contribution in [2.45, 2.75) is 31.6 Å². The maximum atomic E-state index is 13.0. The molecule has 2 aliphatic heterocycles. The molecule has 7 nitrogen and oxygen atoms in total. The van der Waals surface area contributed by atoms with E-state index in [9.17, 15) is 9.18 Å². The molecule has 2 aromatic rings. The first kappa shape index (κ1) is 16.0. The first-order valence-electron chi connectivity index (χ1n) is 8.37. The molecule has 0 radical (unpaired) electrons. The Morgan fingerprint density at radius 2 is 2.24 bits per heavy atom. The molecule has 4 heterocycles. The van der Waals surface area contributed by atoms with Crippen LogP contribution in [0.25, 0.3) is 0 Å². The molecule has 2 aliphatic rings. The Labute approximate surface area is 144 Å². The van der Waals surface area contributed by atoms with Crippen LogP contribution in [0.1, 0.15) is 18.6 Å². The quantitative estimate of drug-likeness (QED) is 0.904. The highest BCUT2D eigenvalue weighted by molar-refractivity contribution is 5.81. The van der Waals surface area contributed by atoms with E-state index in [1.54, 1.807) is 12.3 Å². The van der Waals surface area contributed by atoms with Gasteiger partial charge in [0.2, 0.25) is 11.9 Å². The Kier molecular flexibility index (Phi) is 4.35. The summed E-state index contributed by atoms with van der Waals surface area (Å²) in [6.45, 7) is 1.74. The normalized spacial score (nSPS) is 25.6. The van der Waals surface area contributed by atoms with Crippen LogP contribution in [0.5, 0.6) is 0 Å². The molecule has 3 atom stereocenters. The number of furan rings is 1. The summed E-state index contributed by atoms with van der Waals surface area (Å²) in [5.41, 5.74) is 0. The standard InChI is InChI=1S/C17H19FN4O3/c18-12-7-20-17(21-8-12)22-4-3-11-6-14(25-15(11)10-22)16(23)19-9-13-2-1-5-24-13/h1-2,5,7-8,11,14-15H,3-4,6,9-10H2,(H,19,23)/t11-,14+,15-/m0/s1. The molecule has 1 amide bonds. The summed E-state index contributed by atoms with van der Waals surface area (Å²) in [4.78, 5) is 22.3. The predicted octanol–water partition coefficient (Wildman–Crippen LogP) is 1.51. The van der Waals surface area contributed by atoms with Crippen molar-refractivity contribution in [1.29, 1.82) is 0 Å². The molecule has 2 fully saturated rings. The lowest BCUT2D eigenvalue weighted by Gasteiger charge is -2.33. The van der Waals surface area contributed by atoms with Crippen LogP contribution in [-0.2, 0) is 16.1 Å². The highest BCUT2D eigenvalue weighted by Gasteiger charge is 2.42. The predicted molar refractivity (Wildman–Crippen MR) is 86.1 cm³/mol. The fraction of sp³-hybridized carbons (Fsp3) is 0.471. The highest BCUT2D eigenvalue weighted by atomic mass is 19.1. The number of nitrogens with zero attached hydrogens (tertiary/aromatic N) is 3. The van der Waals surface area contributed by atoms with Gasteiger partial charge in [-0.25, -0.2) is 14.4 Å². The molecule has 0 spiro atoms. The molecule has 2 aromatic heterocycles. The van der Waals surface area contributed by atoms with Gasteiger partial charge in [0.05, 0.1) is 31.3 Å². The number of nitrogens with one attached hydrogen (secondary N) is 1. The average molecular weight is 346 g/mol. The van der Waals surface area contributed by atoms with Crippen molar-refractivity contribution >= 4 is 11.9 Å². The van der Waals surface area contributed by atoms with Gasteiger partial charge < -0.3 is 19.4 Å². The number of fused-ring (bicyclic) bond motifs is 1. The van der Waals surface area contributed by atoms with Crippen molar-refractivity contribution in [3.05, 3.63) is 42.4 Å². The van der Waals surface area contributed by atoms with E-state index >= 15 is 0 Å². The molecule has 4 rings (SSSR count). The van der Waals surface area contributed by atoms with E-state index in [4.69, 9.17) is 9.15 Å². The van der Waals surface area contributed by atoms with Crippen molar-refractivity contribution in [2.75, 3.05) is 18.0 Å². The first-order chi connectivity index (χ1) is 12.2. The van der Waals surface area contributed by atoms with Crippen LogP contribution in [0.4, 0.5) is 10.3 Å². The van der Waals surface area contributed by atoms with Crippen LogP contribution < -0.4 is 10.2 Å². The third kappa shape index (κ3) is 3.48. The minimum Gasteiger partial charge on any atom is -0.467 e. The largest absolute Gasteiger partial charge is 0.467 e. The van der Waals surface area contributed by atoms with Gasteiger partial charge in [0.1, 0.15) is 11.9 Å². The average Bonchev–Trinajstić information content (AvgIpc) is 3.29. The lowest BCUT2D eigenvalue weighted by Crippen LogP contribution is -2.43. The monoisotopic (exact) mass is 346 g/mol. The molecule has 8 heteroatoms. The first-order valence-corrected chi connectivity index (χ1v) is 8.37. The minimum atomic E-state index is -0.455. The molecular formula is C17H19FN4O3. The number of hydrogen-bond donors (Lipinski definition) is 1. The Morgan fingerprint density at radius 3 is 3.00 bits per heavy atom. The van der Waals surface area contributed by atoms with Gasteiger partial charge in [0.25, 0.3) is 0 Å². The van der Waals surface area contributed by atoms with Gasteiger partial charge in [-0.15, -0.1) is 0 Å². The van der Waals surface area contributed by atoms with Crippen molar-refractivity contribution in [2.24, 2.45) is 5.92 Å². The zero-order chi connectivity index (χ0) is 17.2. The van der Waals surface area contributed by atoms with Crippen LogP contribution in [0.2, 0.25) is 0 Å². The van der Waals surface area contributed by atoms with Gasteiger partial charge in [0.15, 0.2) is 5.82 Å². The molecule has 0 aliphatic carbocycles. The molecular weight excluding hydrogens is 327 g/mol. The number of hydrogen-bond acceptors (Lipinski definition) is 6. The molecule has 1 N–H and O–H groups in total. The summed E-state index contributed by atoms with van der Waals surface area (Å²) in [5, 5.41) is 2.85. The van der Waals surface area contributed by atoms with E-state index in [0.29, 0.717) is 37.1 Å². The van der Waals surface area contributed by atoms with E-state index in [0.717, 1.165) is 25.4 Å². The molecule has 0 saturated carbocycles. The molecule has 2 saturated heterocycles. The summed E-state index contributed by atoms with van der Waals surface area (Å²) in [5.74, 6) is 0.980. The number of ether oxygens (including phenoxy) is 1. The maximum Gasteiger partial charge on any atom is 0.249 e. The summed E-state index contributed by atoms with van der Waals surface area (Å²) >= 11 is 0. The van der Waals surface area contributed by atoms with Gasteiger partial charge in [-0.3, -0.25) is 4.79 Å². The highest BCUT2D eigenvalue weighted by Crippen LogP contribution is 2.34. The number of rotatable bonds is 4. The van der Waals surface area contributed by atoms with Crippen molar-refractivity contribution in [1.82, 2.24) is 15.3 Å². The third-order valence-electron chi connectivity index (χ3n) is 4.75. The van der Waals surface area contributed by atoms with Gasteiger partial charge in [-0.2, -0.15) is 0 Å². The van der Waals surface area contributed by atoms with Crippen LogP contribution in [0.3, 0.4) is 0 Å².